The first-order valence-electron chi connectivity index (χ1n) is 8.32. The van der Waals surface area contributed by atoms with Crippen LogP contribution in [0.3, 0.4) is 0 Å². The molecule has 0 bridgehead atoms. The average molecular weight is 357 g/mol. The Morgan fingerprint density at radius 2 is 1.58 bits per heavy atom. The zero-order chi connectivity index (χ0) is 18.9. The minimum absolute atomic E-state index is 0.0646. The average Bonchev–Trinajstić information content (AvgIpc) is 2.64. The van der Waals surface area contributed by atoms with Gasteiger partial charge < -0.3 is 19.9 Å². The van der Waals surface area contributed by atoms with Gasteiger partial charge in [0.1, 0.15) is 11.5 Å². The van der Waals surface area contributed by atoms with Gasteiger partial charge in [-0.2, -0.15) is 0 Å². The van der Waals surface area contributed by atoms with E-state index in [0.29, 0.717) is 36.4 Å². The monoisotopic (exact) mass is 357 g/mol. The fourth-order valence-corrected chi connectivity index (χ4v) is 2.55. The van der Waals surface area contributed by atoms with Crippen LogP contribution in [0.25, 0.3) is 0 Å². The number of aryl methyl sites for hydroxylation is 2. The molecule has 0 radical (unpaired) electrons. The number of hydrogen-bond acceptors (Lipinski definition) is 4. The van der Waals surface area contributed by atoms with Crippen LogP contribution in [0.4, 0.5) is 5.69 Å². The molecule has 0 fully saturated rings. The third kappa shape index (κ3) is 6.12. The smallest absolute Gasteiger partial charge is 0.303 e. The second-order valence-corrected chi connectivity index (χ2v) is 5.86. The fourth-order valence-electron chi connectivity index (χ4n) is 2.55. The number of ether oxygens (including phenoxy) is 2. The molecule has 2 aromatic rings. The first-order valence-corrected chi connectivity index (χ1v) is 8.32. The van der Waals surface area contributed by atoms with E-state index in [9.17, 15) is 9.59 Å². The summed E-state index contributed by atoms with van der Waals surface area (Å²) < 4.78 is 10.5. The molecule has 6 nitrogen and oxygen atoms in total. The molecular formula is C20H23NO5. The van der Waals surface area contributed by atoms with Crippen LogP contribution < -0.4 is 14.8 Å². The lowest BCUT2D eigenvalue weighted by Crippen LogP contribution is -2.12. The van der Waals surface area contributed by atoms with Crippen LogP contribution in [-0.2, 0) is 22.4 Å². The van der Waals surface area contributed by atoms with Crippen molar-refractivity contribution in [2.24, 2.45) is 0 Å². The predicted molar refractivity (Wildman–Crippen MR) is 98.9 cm³/mol. The molecule has 138 valence electrons. The third-order valence-corrected chi connectivity index (χ3v) is 3.89. The number of benzene rings is 2. The Kier molecular flexibility index (Phi) is 7.02. The zero-order valence-electron chi connectivity index (χ0n) is 15.0. The number of anilines is 1. The number of methoxy groups -OCH3 is 2. The van der Waals surface area contributed by atoms with Crippen LogP contribution in [0.5, 0.6) is 11.5 Å². The number of rotatable bonds is 9. The highest BCUT2D eigenvalue weighted by Gasteiger charge is 2.07. The number of aliphatic carboxylic acids is 1. The Morgan fingerprint density at radius 3 is 2.19 bits per heavy atom. The number of hydrogen-bond donors (Lipinski definition) is 2. The van der Waals surface area contributed by atoms with E-state index in [-0.39, 0.29) is 12.3 Å². The molecule has 0 aromatic heterocycles. The lowest BCUT2D eigenvalue weighted by Gasteiger charge is -2.09. The molecule has 0 saturated carbocycles. The number of carbonyl (C=O) groups excluding carboxylic acids is 1. The van der Waals surface area contributed by atoms with Crippen LogP contribution in [0.2, 0.25) is 0 Å². The Morgan fingerprint density at radius 1 is 0.923 bits per heavy atom. The first kappa shape index (κ1) is 19.3. The molecule has 0 atom stereocenters. The molecule has 0 aliphatic rings. The highest BCUT2D eigenvalue weighted by molar-refractivity contribution is 5.90. The van der Waals surface area contributed by atoms with Crippen molar-refractivity contribution in [3.63, 3.8) is 0 Å². The number of carboxylic acids is 1. The molecule has 0 aliphatic carbocycles. The molecule has 0 unspecified atom stereocenters. The molecule has 2 aromatic carbocycles. The molecule has 0 saturated heterocycles. The highest BCUT2D eigenvalue weighted by Crippen LogP contribution is 2.23. The Bertz CT molecular complexity index is 750. The summed E-state index contributed by atoms with van der Waals surface area (Å²) in [6, 6.07) is 12.8. The molecule has 6 heteroatoms. The van der Waals surface area contributed by atoms with Crippen LogP contribution in [0, 0.1) is 0 Å². The van der Waals surface area contributed by atoms with E-state index in [1.54, 1.807) is 38.5 Å². The van der Waals surface area contributed by atoms with Crippen LogP contribution in [-0.4, -0.2) is 31.2 Å². The van der Waals surface area contributed by atoms with Gasteiger partial charge in [0.2, 0.25) is 5.91 Å². The SMILES string of the molecule is COc1cc(CCC(=O)Nc2cccc(CCC(=O)O)c2)cc(OC)c1. The van der Waals surface area contributed by atoms with Gasteiger partial charge in [0, 0.05) is 24.6 Å². The molecule has 26 heavy (non-hydrogen) atoms. The van der Waals surface area contributed by atoms with Crippen LogP contribution >= 0.6 is 0 Å². The highest BCUT2D eigenvalue weighted by atomic mass is 16.5. The summed E-state index contributed by atoms with van der Waals surface area (Å²) in [6.45, 7) is 0. The minimum Gasteiger partial charge on any atom is -0.497 e. The largest absolute Gasteiger partial charge is 0.497 e. The van der Waals surface area contributed by atoms with Gasteiger partial charge in [0.15, 0.2) is 0 Å². The van der Waals surface area contributed by atoms with E-state index in [2.05, 4.69) is 5.32 Å². The summed E-state index contributed by atoms with van der Waals surface area (Å²) in [7, 11) is 3.17. The molecule has 0 heterocycles. The van der Waals surface area contributed by atoms with Gasteiger partial charge >= 0.3 is 5.97 Å². The van der Waals surface area contributed by atoms with Gasteiger partial charge in [-0.1, -0.05) is 12.1 Å². The lowest BCUT2D eigenvalue weighted by molar-refractivity contribution is -0.137. The summed E-state index contributed by atoms with van der Waals surface area (Å²) in [5, 5.41) is 11.6. The lowest BCUT2D eigenvalue weighted by atomic mass is 10.1. The number of carboxylic acid groups (broad SMARTS) is 1. The quantitative estimate of drug-likeness (QED) is 0.719. The fraction of sp³-hybridized carbons (Fsp3) is 0.300. The maximum Gasteiger partial charge on any atom is 0.303 e. The van der Waals surface area contributed by atoms with Crippen LogP contribution in [0.1, 0.15) is 24.0 Å². The Labute approximate surface area is 152 Å². The maximum absolute atomic E-state index is 12.2. The summed E-state index contributed by atoms with van der Waals surface area (Å²) in [5.41, 5.74) is 2.50. The van der Waals surface area contributed by atoms with Crippen molar-refractivity contribution in [3.8, 4) is 11.5 Å². The van der Waals surface area contributed by atoms with E-state index in [1.807, 2.05) is 18.2 Å². The second kappa shape index (κ2) is 9.46. The van der Waals surface area contributed by atoms with Crippen molar-refractivity contribution in [1.82, 2.24) is 0 Å². The number of amides is 1. The van der Waals surface area contributed by atoms with Gasteiger partial charge in [-0.25, -0.2) is 0 Å². The number of nitrogens with one attached hydrogen (secondary N) is 1. The summed E-state index contributed by atoms with van der Waals surface area (Å²) in [4.78, 5) is 22.9. The van der Waals surface area contributed by atoms with E-state index in [0.717, 1.165) is 11.1 Å². The van der Waals surface area contributed by atoms with Gasteiger partial charge in [-0.3, -0.25) is 9.59 Å². The van der Waals surface area contributed by atoms with Gasteiger partial charge in [-0.15, -0.1) is 0 Å². The third-order valence-electron chi connectivity index (χ3n) is 3.89. The van der Waals surface area contributed by atoms with Crippen molar-refractivity contribution >= 4 is 17.6 Å². The number of carbonyl (C=O) groups is 2. The molecular weight excluding hydrogens is 334 g/mol. The normalized spacial score (nSPS) is 10.2. The second-order valence-electron chi connectivity index (χ2n) is 5.86. The Balaban J connectivity index is 1.93. The van der Waals surface area contributed by atoms with Crippen molar-refractivity contribution in [3.05, 3.63) is 53.6 Å². The first-order chi connectivity index (χ1) is 12.5. The van der Waals surface area contributed by atoms with E-state index < -0.39 is 5.97 Å². The van der Waals surface area contributed by atoms with E-state index >= 15 is 0 Å². The molecule has 0 spiro atoms. The van der Waals surface area contributed by atoms with Gasteiger partial charge in [0.25, 0.3) is 0 Å². The zero-order valence-corrected chi connectivity index (χ0v) is 15.0. The van der Waals surface area contributed by atoms with Crippen molar-refractivity contribution in [2.75, 3.05) is 19.5 Å². The summed E-state index contributed by atoms with van der Waals surface area (Å²) in [6.07, 6.45) is 1.37. The minimum atomic E-state index is -0.840. The Hall–Kier alpha value is -3.02. The maximum atomic E-state index is 12.2. The molecule has 2 rings (SSSR count). The predicted octanol–water partition coefficient (Wildman–Crippen LogP) is 3.29. The van der Waals surface area contributed by atoms with Crippen LogP contribution in [0.15, 0.2) is 42.5 Å². The standard InChI is InChI=1S/C20H23NO5/c1-25-17-11-15(12-18(13-17)26-2)6-8-19(22)21-16-5-3-4-14(10-16)7-9-20(23)24/h3-5,10-13H,6-9H2,1-2H3,(H,21,22)(H,23,24). The topological polar surface area (TPSA) is 84.9 Å². The van der Waals surface area contributed by atoms with E-state index in [1.165, 1.54) is 0 Å². The van der Waals surface area contributed by atoms with Crippen molar-refractivity contribution < 1.29 is 24.2 Å². The van der Waals surface area contributed by atoms with Gasteiger partial charge in [0.05, 0.1) is 14.2 Å². The summed E-state index contributed by atoms with van der Waals surface area (Å²) in [5.74, 6) is 0.423. The van der Waals surface area contributed by atoms with Gasteiger partial charge in [-0.05, 0) is 48.2 Å². The van der Waals surface area contributed by atoms with Crippen molar-refractivity contribution in [1.29, 1.82) is 0 Å². The van der Waals surface area contributed by atoms with Crippen molar-refractivity contribution in [2.45, 2.75) is 25.7 Å². The molecule has 0 aliphatic heterocycles. The molecule has 2 N–H and O–H groups in total. The summed E-state index contributed by atoms with van der Waals surface area (Å²) >= 11 is 0. The van der Waals surface area contributed by atoms with E-state index in [4.69, 9.17) is 14.6 Å². The molecule has 1 amide bonds.